The molecule has 4 rings (SSSR count). The molecule has 0 atom stereocenters. The van der Waals surface area contributed by atoms with E-state index in [0.717, 1.165) is 22.1 Å². The first kappa shape index (κ1) is 34.3. The van der Waals surface area contributed by atoms with Crippen molar-refractivity contribution in [3.05, 3.63) is 71.2 Å². The number of carboxylic acids is 1. The molecule has 1 fully saturated rings. The zero-order chi connectivity index (χ0) is 33.0. The molecule has 0 spiro atoms. The standard InChI is InChI=1S/C28H30F4N4O3.C2H3F3/c1-16-4-6-18(7-5-16)13-34-26(33)21-14-36(15-28(30,31)32)23-20(17(21)2)12-22(29)24(25(23)39-3)35-10-8-19(9-11-35)27(37)38;1-2(3,4)5/h4-7,12,14,19H,2,8-11,13,15H2,1,3H3,(H2,33,34)(H,37,38);1H3. The quantitative estimate of drug-likeness (QED) is 0.198. The number of amidine groups is 1. The zero-order valence-corrected chi connectivity index (χ0v) is 24.3. The van der Waals surface area contributed by atoms with E-state index in [-0.39, 0.29) is 79.1 Å². The summed E-state index contributed by atoms with van der Waals surface area (Å²) in [6, 6.07) is 8.71. The Balaban J connectivity index is 0.000000978. The van der Waals surface area contributed by atoms with Gasteiger partial charge in [0, 0.05) is 37.3 Å². The number of aliphatic carboxylic acids is 1. The minimum atomic E-state index is -4.61. The van der Waals surface area contributed by atoms with Gasteiger partial charge >= 0.3 is 18.3 Å². The third kappa shape index (κ3) is 8.89. The Kier molecular flexibility index (Phi) is 10.6. The summed E-state index contributed by atoms with van der Waals surface area (Å²) in [6.45, 7) is 5.38. The van der Waals surface area contributed by atoms with Crippen LogP contribution in [0.5, 0.6) is 5.75 Å². The number of carboxylic acid groups (broad SMARTS) is 1. The van der Waals surface area contributed by atoms with Gasteiger partial charge in [-0.15, -0.1) is 0 Å². The van der Waals surface area contributed by atoms with Gasteiger partial charge in [0.05, 0.1) is 25.3 Å². The number of fused-ring (bicyclic) bond motifs is 1. The number of benzene rings is 2. The summed E-state index contributed by atoms with van der Waals surface area (Å²) >= 11 is 0. The fraction of sp³-hybridized carbons (Fsp3) is 0.400. The molecule has 0 aliphatic carbocycles. The van der Waals surface area contributed by atoms with Crippen LogP contribution in [0.3, 0.4) is 0 Å². The van der Waals surface area contributed by atoms with Crippen molar-refractivity contribution in [3.8, 4) is 5.75 Å². The number of nitrogens with zero attached hydrogens (tertiary/aromatic N) is 3. The van der Waals surface area contributed by atoms with E-state index in [4.69, 9.17) is 10.5 Å². The van der Waals surface area contributed by atoms with Gasteiger partial charge in [-0.25, -0.2) is 4.39 Å². The molecule has 2 aliphatic heterocycles. The van der Waals surface area contributed by atoms with Crippen LogP contribution in [0.15, 0.2) is 53.7 Å². The summed E-state index contributed by atoms with van der Waals surface area (Å²) in [7, 11) is 1.26. The van der Waals surface area contributed by atoms with Gasteiger partial charge in [0.2, 0.25) is 0 Å². The largest absolute Gasteiger partial charge is 0.492 e. The lowest BCUT2D eigenvalue weighted by Crippen LogP contribution is -2.38. The predicted molar refractivity (Wildman–Crippen MR) is 154 cm³/mol. The monoisotopic (exact) mass is 630 g/mol. The summed E-state index contributed by atoms with van der Waals surface area (Å²) in [4.78, 5) is 18.2. The number of aliphatic imine (C=N–C) groups is 1. The Bertz CT molecular complexity index is 1420. The molecule has 14 heteroatoms. The van der Waals surface area contributed by atoms with Crippen LogP contribution in [-0.4, -0.2) is 56.0 Å². The van der Waals surface area contributed by atoms with Crippen molar-refractivity contribution in [1.29, 1.82) is 0 Å². The van der Waals surface area contributed by atoms with Crippen molar-refractivity contribution in [2.75, 3.05) is 36.5 Å². The highest BCUT2D eigenvalue weighted by atomic mass is 19.4. The van der Waals surface area contributed by atoms with Crippen LogP contribution in [0.4, 0.5) is 42.1 Å². The summed E-state index contributed by atoms with van der Waals surface area (Å²) in [6.07, 6.45) is -6.85. The van der Waals surface area contributed by atoms with Crippen molar-refractivity contribution in [1.82, 2.24) is 0 Å². The van der Waals surface area contributed by atoms with Gasteiger partial charge in [-0.2, -0.15) is 26.3 Å². The van der Waals surface area contributed by atoms with Gasteiger partial charge in [-0.3, -0.25) is 9.79 Å². The van der Waals surface area contributed by atoms with Crippen LogP contribution in [0.1, 0.15) is 36.5 Å². The van der Waals surface area contributed by atoms with Gasteiger partial charge < -0.3 is 25.4 Å². The van der Waals surface area contributed by atoms with E-state index in [9.17, 15) is 36.2 Å². The fourth-order valence-corrected chi connectivity index (χ4v) is 4.90. The summed E-state index contributed by atoms with van der Waals surface area (Å²) in [5.41, 5.74) is 8.61. The van der Waals surface area contributed by atoms with Crippen LogP contribution in [0, 0.1) is 18.7 Å². The lowest BCUT2D eigenvalue weighted by Gasteiger charge is -2.37. The lowest BCUT2D eigenvalue weighted by molar-refractivity contribution is -0.142. The second kappa shape index (κ2) is 13.6. The molecule has 0 bridgehead atoms. The van der Waals surface area contributed by atoms with Crippen LogP contribution >= 0.6 is 0 Å². The average molecular weight is 631 g/mol. The summed E-state index contributed by atoms with van der Waals surface area (Å²) < 4.78 is 93.4. The molecule has 1 saturated heterocycles. The molecule has 7 nitrogen and oxygen atoms in total. The fourth-order valence-electron chi connectivity index (χ4n) is 4.90. The van der Waals surface area contributed by atoms with E-state index >= 15 is 4.39 Å². The van der Waals surface area contributed by atoms with Gasteiger partial charge in [0.15, 0.2) is 11.6 Å². The number of anilines is 2. The first-order valence-electron chi connectivity index (χ1n) is 13.4. The van der Waals surface area contributed by atoms with Crippen LogP contribution < -0.4 is 20.3 Å². The minimum Gasteiger partial charge on any atom is -0.492 e. The SMILES string of the molecule is C=C1C(C(N)=NCc2ccc(C)cc2)=CN(CC(F)(F)F)c2c1cc(F)c(N1CCC(C(=O)O)CC1)c2OC.CC(F)(F)F. The number of alkyl halides is 6. The highest BCUT2D eigenvalue weighted by Gasteiger charge is 2.38. The Morgan fingerprint density at radius 2 is 1.68 bits per heavy atom. The second-order valence-electron chi connectivity index (χ2n) is 10.5. The number of aryl methyl sites for hydroxylation is 1. The maximum atomic E-state index is 15.6. The molecular formula is C30H33F7N4O3. The molecule has 0 saturated carbocycles. The number of piperidine rings is 1. The van der Waals surface area contributed by atoms with Gasteiger partial charge in [0.1, 0.15) is 18.1 Å². The number of nitrogens with two attached hydrogens (primary N) is 1. The zero-order valence-electron chi connectivity index (χ0n) is 24.3. The maximum Gasteiger partial charge on any atom is 0.406 e. The number of ether oxygens (including phenoxy) is 1. The van der Waals surface area contributed by atoms with E-state index in [2.05, 4.69) is 11.6 Å². The number of hydrogen-bond donors (Lipinski definition) is 2. The van der Waals surface area contributed by atoms with Crippen molar-refractivity contribution < 1.29 is 45.4 Å². The molecule has 0 radical (unpaired) electrons. The van der Waals surface area contributed by atoms with E-state index in [1.807, 2.05) is 31.2 Å². The molecule has 2 heterocycles. The van der Waals surface area contributed by atoms with Crippen LogP contribution in [0.25, 0.3) is 5.57 Å². The highest BCUT2D eigenvalue weighted by Crippen LogP contribution is 2.49. The van der Waals surface area contributed by atoms with Gasteiger partial charge in [0.25, 0.3) is 0 Å². The summed E-state index contributed by atoms with van der Waals surface area (Å²) in [5.74, 6) is -2.34. The predicted octanol–water partition coefficient (Wildman–Crippen LogP) is 6.85. The molecule has 0 unspecified atom stereocenters. The number of rotatable bonds is 7. The molecule has 2 aromatic rings. The third-order valence-corrected chi connectivity index (χ3v) is 6.95. The van der Waals surface area contributed by atoms with E-state index in [1.54, 1.807) is 4.90 Å². The topological polar surface area (TPSA) is 91.4 Å². The number of hydrogen-bond acceptors (Lipinski definition) is 5. The highest BCUT2D eigenvalue weighted by molar-refractivity contribution is 6.14. The molecule has 2 aliphatic rings. The second-order valence-corrected chi connectivity index (χ2v) is 10.5. The van der Waals surface area contributed by atoms with Crippen LogP contribution in [0.2, 0.25) is 0 Å². The first-order valence-corrected chi connectivity index (χ1v) is 13.4. The Hall–Kier alpha value is -4.23. The average Bonchev–Trinajstić information content (AvgIpc) is 2.92. The van der Waals surface area contributed by atoms with Crippen molar-refractivity contribution in [2.24, 2.45) is 16.6 Å². The summed E-state index contributed by atoms with van der Waals surface area (Å²) in [5, 5.41) is 9.30. The Morgan fingerprint density at radius 1 is 1.11 bits per heavy atom. The van der Waals surface area contributed by atoms with Crippen molar-refractivity contribution in [2.45, 2.75) is 45.6 Å². The number of carbonyl (C=O) groups is 1. The molecule has 0 amide bonds. The molecule has 240 valence electrons. The van der Waals surface area contributed by atoms with Crippen molar-refractivity contribution in [3.63, 3.8) is 0 Å². The normalized spacial score (nSPS) is 16.2. The molecule has 3 N–H and O–H groups in total. The molecule has 44 heavy (non-hydrogen) atoms. The molecular weight excluding hydrogens is 597 g/mol. The number of halogens is 7. The van der Waals surface area contributed by atoms with Crippen molar-refractivity contribution >= 4 is 28.8 Å². The van der Waals surface area contributed by atoms with E-state index < -0.39 is 36.6 Å². The smallest absolute Gasteiger partial charge is 0.406 e. The van der Waals surface area contributed by atoms with E-state index in [1.165, 1.54) is 13.3 Å². The van der Waals surface area contributed by atoms with E-state index in [0.29, 0.717) is 0 Å². The minimum absolute atomic E-state index is 0.00617. The lowest BCUT2D eigenvalue weighted by atomic mass is 9.91. The van der Waals surface area contributed by atoms with Gasteiger partial charge in [-0.1, -0.05) is 36.4 Å². The number of methoxy groups -OCH3 is 1. The molecule has 0 aromatic heterocycles. The first-order chi connectivity index (χ1) is 20.4. The molecule has 2 aromatic carbocycles. The van der Waals surface area contributed by atoms with Gasteiger partial charge in [-0.05, 0) is 37.0 Å². The Morgan fingerprint density at radius 3 is 2.18 bits per heavy atom. The van der Waals surface area contributed by atoms with Crippen LogP contribution in [-0.2, 0) is 11.3 Å². The maximum absolute atomic E-state index is 15.6. The Labute approximate surface area is 250 Å². The third-order valence-electron chi connectivity index (χ3n) is 6.95.